The van der Waals surface area contributed by atoms with Crippen molar-refractivity contribution in [3.63, 3.8) is 0 Å². The maximum atomic E-state index is 14.7. The van der Waals surface area contributed by atoms with Crippen molar-refractivity contribution in [1.82, 2.24) is 5.32 Å². The molecule has 8 heteroatoms. The van der Waals surface area contributed by atoms with Gasteiger partial charge in [0, 0.05) is 10.8 Å². The number of hydrogen-bond acceptors (Lipinski definition) is 3. The molecule has 0 unspecified atom stereocenters. The third-order valence-electron chi connectivity index (χ3n) is 5.40. The van der Waals surface area contributed by atoms with Crippen LogP contribution in [-0.2, 0) is 12.8 Å². The van der Waals surface area contributed by atoms with E-state index in [4.69, 9.17) is 4.74 Å². The molecule has 0 saturated carbocycles. The summed E-state index contributed by atoms with van der Waals surface area (Å²) in [5.74, 6) is -1.14. The molecule has 0 aliphatic carbocycles. The van der Waals surface area contributed by atoms with Crippen molar-refractivity contribution in [3.8, 4) is 5.75 Å². The molecule has 32 heavy (non-hydrogen) atoms. The molecule has 0 spiro atoms. The van der Waals surface area contributed by atoms with Gasteiger partial charge in [0.25, 0.3) is 5.91 Å². The molecule has 170 valence electrons. The zero-order valence-corrected chi connectivity index (χ0v) is 17.6. The Labute approximate surface area is 182 Å². The number of amides is 1. The minimum Gasteiger partial charge on any atom is -0.487 e. The highest BCUT2D eigenvalue weighted by atomic mass is 19.4. The fraction of sp³-hybridized carbons (Fsp3) is 0.292. The fourth-order valence-corrected chi connectivity index (χ4v) is 3.16. The standard InChI is InChI=1S/C24H23F4NO3/c1-3-23(2,14-30)29-22(31)19-12-20(25)17-6-4-5-7-18(17)21(19)32-13-15-8-10-16(11-9-15)24(26,27)28/h4-12,30H,3,13-14H2,1-2H3,(H,29,31)/t23-/m0/s1. The average Bonchev–Trinajstić information content (AvgIpc) is 2.78. The first kappa shape index (κ1) is 23.5. The zero-order valence-electron chi connectivity index (χ0n) is 17.6. The number of benzene rings is 3. The lowest BCUT2D eigenvalue weighted by molar-refractivity contribution is -0.137. The predicted molar refractivity (Wildman–Crippen MR) is 113 cm³/mol. The predicted octanol–water partition coefficient (Wildman–Crippen LogP) is 5.47. The Kier molecular flexibility index (Phi) is 6.74. The summed E-state index contributed by atoms with van der Waals surface area (Å²) in [4.78, 5) is 13.0. The number of hydrogen-bond donors (Lipinski definition) is 2. The van der Waals surface area contributed by atoms with Gasteiger partial charge in [-0.25, -0.2) is 4.39 Å². The fourth-order valence-electron chi connectivity index (χ4n) is 3.16. The van der Waals surface area contributed by atoms with Crippen LogP contribution in [0.4, 0.5) is 17.6 Å². The van der Waals surface area contributed by atoms with Crippen LogP contribution < -0.4 is 10.1 Å². The largest absolute Gasteiger partial charge is 0.487 e. The van der Waals surface area contributed by atoms with E-state index in [-0.39, 0.29) is 29.9 Å². The smallest absolute Gasteiger partial charge is 0.416 e. The van der Waals surface area contributed by atoms with Crippen LogP contribution in [0, 0.1) is 5.82 Å². The molecule has 1 amide bonds. The van der Waals surface area contributed by atoms with Crippen LogP contribution in [0.1, 0.15) is 41.8 Å². The summed E-state index contributed by atoms with van der Waals surface area (Å²) in [5.41, 5.74) is -1.31. The van der Waals surface area contributed by atoms with Crippen LogP contribution in [0.3, 0.4) is 0 Å². The summed E-state index contributed by atoms with van der Waals surface area (Å²) in [7, 11) is 0. The van der Waals surface area contributed by atoms with Gasteiger partial charge in [-0.3, -0.25) is 4.79 Å². The summed E-state index contributed by atoms with van der Waals surface area (Å²) in [6.45, 7) is 3.01. The van der Waals surface area contributed by atoms with Crippen LogP contribution in [-0.4, -0.2) is 23.2 Å². The van der Waals surface area contributed by atoms with E-state index in [1.54, 1.807) is 38.1 Å². The lowest BCUT2D eigenvalue weighted by atomic mass is 9.98. The Bertz CT molecular complexity index is 1110. The minimum atomic E-state index is -4.45. The van der Waals surface area contributed by atoms with E-state index < -0.39 is 29.0 Å². The van der Waals surface area contributed by atoms with Gasteiger partial charge in [0.05, 0.1) is 23.3 Å². The Hall–Kier alpha value is -3.13. The molecule has 0 fully saturated rings. The lowest BCUT2D eigenvalue weighted by Crippen LogP contribution is -2.48. The van der Waals surface area contributed by atoms with E-state index in [0.29, 0.717) is 17.4 Å². The zero-order chi connectivity index (χ0) is 23.5. The number of fused-ring (bicyclic) bond motifs is 1. The summed E-state index contributed by atoms with van der Waals surface area (Å²) in [6.07, 6.45) is -4.01. The van der Waals surface area contributed by atoms with Crippen LogP contribution in [0.25, 0.3) is 10.8 Å². The highest BCUT2D eigenvalue weighted by molar-refractivity contribution is 6.04. The number of alkyl halides is 3. The van der Waals surface area contributed by atoms with Crippen LogP contribution in [0.15, 0.2) is 54.6 Å². The summed E-state index contributed by atoms with van der Waals surface area (Å²) >= 11 is 0. The van der Waals surface area contributed by atoms with Crippen molar-refractivity contribution in [2.45, 2.75) is 38.6 Å². The summed E-state index contributed by atoms with van der Waals surface area (Å²) < 4.78 is 58.9. The van der Waals surface area contributed by atoms with Gasteiger partial charge >= 0.3 is 6.18 Å². The van der Waals surface area contributed by atoms with E-state index >= 15 is 0 Å². The molecule has 0 radical (unpaired) electrons. The summed E-state index contributed by atoms with van der Waals surface area (Å²) in [6, 6.07) is 12.0. The second-order valence-corrected chi connectivity index (χ2v) is 7.79. The van der Waals surface area contributed by atoms with E-state index in [9.17, 15) is 27.5 Å². The molecule has 4 nitrogen and oxygen atoms in total. The number of rotatable bonds is 7. The third-order valence-corrected chi connectivity index (χ3v) is 5.40. The van der Waals surface area contributed by atoms with Crippen LogP contribution in [0.2, 0.25) is 0 Å². The van der Waals surface area contributed by atoms with Crippen molar-refractivity contribution in [1.29, 1.82) is 0 Å². The normalized spacial score (nSPS) is 13.6. The molecule has 3 aromatic carbocycles. The minimum absolute atomic E-state index is 0.0683. The molecule has 3 aromatic rings. The molecule has 0 aliphatic heterocycles. The van der Waals surface area contributed by atoms with Crippen molar-refractivity contribution in [3.05, 3.63) is 77.1 Å². The first-order valence-corrected chi connectivity index (χ1v) is 10.0. The monoisotopic (exact) mass is 449 g/mol. The molecular weight excluding hydrogens is 426 g/mol. The Balaban J connectivity index is 1.98. The quantitative estimate of drug-likeness (QED) is 0.471. The number of nitrogens with one attached hydrogen (secondary N) is 1. The molecule has 2 N–H and O–H groups in total. The molecule has 1 atom stereocenters. The molecule has 0 heterocycles. The topological polar surface area (TPSA) is 58.6 Å². The van der Waals surface area contributed by atoms with Gasteiger partial charge < -0.3 is 15.2 Å². The van der Waals surface area contributed by atoms with Crippen molar-refractivity contribution in [2.75, 3.05) is 6.61 Å². The van der Waals surface area contributed by atoms with E-state index in [0.717, 1.165) is 18.2 Å². The van der Waals surface area contributed by atoms with Crippen molar-refractivity contribution >= 4 is 16.7 Å². The second kappa shape index (κ2) is 9.16. The van der Waals surface area contributed by atoms with Gasteiger partial charge in [-0.1, -0.05) is 43.3 Å². The number of aliphatic hydroxyl groups excluding tert-OH is 1. The second-order valence-electron chi connectivity index (χ2n) is 7.79. The van der Waals surface area contributed by atoms with Gasteiger partial charge in [-0.05, 0) is 37.1 Å². The maximum Gasteiger partial charge on any atom is 0.416 e. The van der Waals surface area contributed by atoms with Gasteiger partial charge in [0.15, 0.2) is 0 Å². The molecule has 0 aromatic heterocycles. The molecule has 0 aliphatic rings. The van der Waals surface area contributed by atoms with Crippen LogP contribution in [0.5, 0.6) is 5.75 Å². The number of carbonyl (C=O) groups excluding carboxylic acids is 1. The molecule has 0 saturated heterocycles. The number of ether oxygens (including phenoxy) is 1. The molecule has 0 bridgehead atoms. The Morgan fingerprint density at radius 3 is 2.25 bits per heavy atom. The highest BCUT2D eigenvalue weighted by Gasteiger charge is 2.30. The van der Waals surface area contributed by atoms with E-state index in [1.165, 1.54) is 12.1 Å². The number of halogens is 4. The first-order valence-electron chi connectivity index (χ1n) is 10.0. The Morgan fingerprint density at radius 1 is 1.06 bits per heavy atom. The lowest BCUT2D eigenvalue weighted by Gasteiger charge is -2.27. The average molecular weight is 449 g/mol. The SMILES string of the molecule is CC[C@@](C)(CO)NC(=O)c1cc(F)c2ccccc2c1OCc1ccc(C(F)(F)F)cc1. The maximum absolute atomic E-state index is 14.7. The third kappa shape index (κ3) is 5.02. The van der Waals surface area contributed by atoms with Gasteiger partial charge in [0.2, 0.25) is 0 Å². The van der Waals surface area contributed by atoms with Crippen LogP contribution >= 0.6 is 0 Å². The van der Waals surface area contributed by atoms with Crippen molar-refractivity contribution < 1.29 is 32.2 Å². The van der Waals surface area contributed by atoms with E-state index in [1.807, 2.05) is 0 Å². The van der Waals surface area contributed by atoms with Gasteiger partial charge in [-0.2, -0.15) is 13.2 Å². The molecular formula is C24H23F4NO3. The van der Waals surface area contributed by atoms with Gasteiger partial charge in [-0.15, -0.1) is 0 Å². The summed E-state index contributed by atoms with van der Waals surface area (Å²) in [5, 5.41) is 12.9. The number of aliphatic hydroxyl groups is 1. The first-order chi connectivity index (χ1) is 15.1. The van der Waals surface area contributed by atoms with E-state index in [2.05, 4.69) is 5.32 Å². The highest BCUT2D eigenvalue weighted by Crippen LogP contribution is 2.34. The number of carbonyl (C=O) groups is 1. The molecule has 3 rings (SSSR count). The van der Waals surface area contributed by atoms with Crippen molar-refractivity contribution in [2.24, 2.45) is 0 Å². The van der Waals surface area contributed by atoms with Gasteiger partial charge in [0.1, 0.15) is 18.2 Å². The Morgan fingerprint density at radius 2 is 1.69 bits per heavy atom.